The van der Waals surface area contributed by atoms with Gasteiger partial charge in [-0.15, -0.1) is 0 Å². The molecule has 1 saturated heterocycles. The SMILES string of the molecule is CCCCN1CCN(C(=O)c2cccc(C)c2)CC1. The van der Waals surface area contributed by atoms with E-state index in [2.05, 4.69) is 11.8 Å². The van der Waals surface area contributed by atoms with Crippen LogP contribution in [-0.4, -0.2) is 48.4 Å². The number of piperazine rings is 1. The number of amides is 1. The molecule has 1 aliphatic heterocycles. The minimum absolute atomic E-state index is 0.179. The summed E-state index contributed by atoms with van der Waals surface area (Å²) in [7, 11) is 0. The summed E-state index contributed by atoms with van der Waals surface area (Å²) < 4.78 is 0. The summed E-state index contributed by atoms with van der Waals surface area (Å²) in [6.45, 7) is 9.15. The molecule has 1 aromatic rings. The molecule has 0 saturated carbocycles. The lowest BCUT2D eigenvalue weighted by Crippen LogP contribution is -2.48. The lowest BCUT2D eigenvalue weighted by atomic mass is 10.1. The number of carbonyl (C=O) groups is 1. The van der Waals surface area contributed by atoms with E-state index in [1.807, 2.05) is 36.1 Å². The summed E-state index contributed by atoms with van der Waals surface area (Å²) in [6.07, 6.45) is 2.49. The molecule has 1 amide bonds. The number of unbranched alkanes of at least 4 members (excludes halogenated alkanes) is 1. The van der Waals surface area contributed by atoms with Crippen LogP contribution in [0.1, 0.15) is 35.7 Å². The van der Waals surface area contributed by atoms with Gasteiger partial charge in [-0.1, -0.05) is 31.0 Å². The van der Waals surface area contributed by atoms with Crippen LogP contribution in [0.25, 0.3) is 0 Å². The molecule has 0 spiro atoms. The second-order valence-electron chi connectivity index (χ2n) is 5.36. The molecular formula is C16H24N2O. The zero-order chi connectivity index (χ0) is 13.7. The maximum absolute atomic E-state index is 12.4. The Labute approximate surface area is 116 Å². The molecule has 104 valence electrons. The molecule has 3 nitrogen and oxygen atoms in total. The molecule has 0 N–H and O–H groups in total. The highest BCUT2D eigenvalue weighted by atomic mass is 16.2. The number of benzene rings is 1. The van der Waals surface area contributed by atoms with E-state index >= 15 is 0 Å². The van der Waals surface area contributed by atoms with E-state index in [1.54, 1.807) is 0 Å². The lowest BCUT2D eigenvalue weighted by molar-refractivity contribution is 0.0635. The number of hydrogen-bond acceptors (Lipinski definition) is 2. The van der Waals surface area contributed by atoms with Gasteiger partial charge in [0.25, 0.3) is 5.91 Å². The maximum atomic E-state index is 12.4. The van der Waals surface area contributed by atoms with Gasteiger partial charge in [0.05, 0.1) is 0 Å². The highest BCUT2D eigenvalue weighted by Crippen LogP contribution is 2.11. The standard InChI is InChI=1S/C16H24N2O/c1-3-4-8-17-9-11-18(12-10-17)16(19)15-7-5-6-14(2)13-15/h5-7,13H,3-4,8-12H2,1-2H3. The Hall–Kier alpha value is -1.35. The topological polar surface area (TPSA) is 23.6 Å². The van der Waals surface area contributed by atoms with Gasteiger partial charge in [0.15, 0.2) is 0 Å². The van der Waals surface area contributed by atoms with Crippen LogP contribution < -0.4 is 0 Å². The highest BCUT2D eigenvalue weighted by molar-refractivity contribution is 5.94. The van der Waals surface area contributed by atoms with Crippen LogP contribution in [0.4, 0.5) is 0 Å². The van der Waals surface area contributed by atoms with Crippen LogP contribution in [0.5, 0.6) is 0 Å². The van der Waals surface area contributed by atoms with Crippen molar-refractivity contribution in [1.29, 1.82) is 0 Å². The van der Waals surface area contributed by atoms with E-state index in [9.17, 15) is 4.79 Å². The van der Waals surface area contributed by atoms with Crippen molar-refractivity contribution in [3.05, 3.63) is 35.4 Å². The van der Waals surface area contributed by atoms with Gasteiger partial charge in [0, 0.05) is 31.7 Å². The van der Waals surface area contributed by atoms with Gasteiger partial charge in [-0.2, -0.15) is 0 Å². The fourth-order valence-corrected chi connectivity index (χ4v) is 2.52. The van der Waals surface area contributed by atoms with Gasteiger partial charge in [0.1, 0.15) is 0 Å². The Bertz CT molecular complexity index is 423. The number of rotatable bonds is 4. The maximum Gasteiger partial charge on any atom is 0.253 e. The number of aryl methyl sites for hydroxylation is 1. The van der Waals surface area contributed by atoms with Gasteiger partial charge in [0.2, 0.25) is 0 Å². The summed E-state index contributed by atoms with van der Waals surface area (Å²) in [6, 6.07) is 7.88. The first-order valence-corrected chi connectivity index (χ1v) is 7.29. The van der Waals surface area contributed by atoms with Gasteiger partial charge in [-0.3, -0.25) is 9.69 Å². The van der Waals surface area contributed by atoms with Crippen LogP contribution in [0.3, 0.4) is 0 Å². The van der Waals surface area contributed by atoms with Gasteiger partial charge < -0.3 is 4.90 Å². The zero-order valence-electron chi connectivity index (χ0n) is 12.1. The second-order valence-corrected chi connectivity index (χ2v) is 5.36. The molecule has 1 aromatic carbocycles. The third kappa shape index (κ3) is 3.80. The molecule has 1 heterocycles. The minimum Gasteiger partial charge on any atom is -0.336 e. The smallest absolute Gasteiger partial charge is 0.253 e. The molecule has 0 aliphatic carbocycles. The predicted molar refractivity (Wildman–Crippen MR) is 78.4 cm³/mol. The van der Waals surface area contributed by atoms with Gasteiger partial charge in [-0.05, 0) is 32.0 Å². The van der Waals surface area contributed by atoms with E-state index in [4.69, 9.17) is 0 Å². The van der Waals surface area contributed by atoms with Crippen LogP contribution >= 0.6 is 0 Å². The molecule has 3 heteroatoms. The zero-order valence-corrected chi connectivity index (χ0v) is 12.1. The Morgan fingerprint density at radius 1 is 1.21 bits per heavy atom. The van der Waals surface area contributed by atoms with Gasteiger partial charge in [-0.25, -0.2) is 0 Å². The molecule has 1 fully saturated rings. The van der Waals surface area contributed by atoms with Crippen molar-refractivity contribution in [3.63, 3.8) is 0 Å². The molecule has 0 atom stereocenters. The number of hydrogen-bond donors (Lipinski definition) is 0. The van der Waals surface area contributed by atoms with Crippen molar-refractivity contribution in [2.24, 2.45) is 0 Å². The summed E-state index contributed by atoms with van der Waals surface area (Å²) >= 11 is 0. The fraction of sp³-hybridized carbons (Fsp3) is 0.562. The van der Waals surface area contributed by atoms with E-state index in [0.717, 1.165) is 37.3 Å². The van der Waals surface area contributed by atoms with E-state index < -0.39 is 0 Å². The average molecular weight is 260 g/mol. The molecule has 0 aromatic heterocycles. The first-order chi connectivity index (χ1) is 9.20. The third-order valence-corrected chi connectivity index (χ3v) is 3.75. The summed E-state index contributed by atoms with van der Waals surface area (Å²) in [5, 5.41) is 0. The van der Waals surface area contributed by atoms with Crippen LogP contribution in [0, 0.1) is 6.92 Å². The van der Waals surface area contributed by atoms with E-state index in [1.165, 1.54) is 19.4 Å². The summed E-state index contributed by atoms with van der Waals surface area (Å²) in [5.74, 6) is 0.179. The van der Waals surface area contributed by atoms with Crippen molar-refractivity contribution in [3.8, 4) is 0 Å². The average Bonchev–Trinajstić information content (AvgIpc) is 2.45. The normalized spacial score (nSPS) is 16.6. The Kier molecular flexibility index (Phi) is 4.97. The first-order valence-electron chi connectivity index (χ1n) is 7.29. The Morgan fingerprint density at radius 2 is 1.95 bits per heavy atom. The number of nitrogens with zero attached hydrogens (tertiary/aromatic N) is 2. The van der Waals surface area contributed by atoms with Crippen LogP contribution in [-0.2, 0) is 0 Å². The molecule has 19 heavy (non-hydrogen) atoms. The molecular weight excluding hydrogens is 236 g/mol. The predicted octanol–water partition coefficient (Wildman–Crippen LogP) is 2.55. The number of carbonyl (C=O) groups excluding carboxylic acids is 1. The summed E-state index contributed by atoms with van der Waals surface area (Å²) in [5.41, 5.74) is 1.97. The Balaban J connectivity index is 1.89. The molecule has 0 radical (unpaired) electrons. The van der Waals surface area contributed by atoms with Crippen LogP contribution in [0.2, 0.25) is 0 Å². The second kappa shape index (κ2) is 6.71. The van der Waals surface area contributed by atoms with Crippen molar-refractivity contribution < 1.29 is 4.79 Å². The summed E-state index contributed by atoms with van der Waals surface area (Å²) in [4.78, 5) is 16.8. The molecule has 0 bridgehead atoms. The molecule has 0 unspecified atom stereocenters. The first kappa shape index (κ1) is 14.1. The Morgan fingerprint density at radius 3 is 2.58 bits per heavy atom. The van der Waals surface area contributed by atoms with Crippen molar-refractivity contribution >= 4 is 5.91 Å². The largest absolute Gasteiger partial charge is 0.336 e. The quantitative estimate of drug-likeness (QED) is 0.830. The van der Waals surface area contributed by atoms with Crippen molar-refractivity contribution in [1.82, 2.24) is 9.80 Å². The molecule has 1 aliphatic rings. The van der Waals surface area contributed by atoms with Crippen molar-refractivity contribution in [2.45, 2.75) is 26.7 Å². The molecule has 2 rings (SSSR count). The monoisotopic (exact) mass is 260 g/mol. The van der Waals surface area contributed by atoms with Gasteiger partial charge >= 0.3 is 0 Å². The fourth-order valence-electron chi connectivity index (χ4n) is 2.52. The third-order valence-electron chi connectivity index (χ3n) is 3.75. The minimum atomic E-state index is 0.179. The van der Waals surface area contributed by atoms with E-state index in [-0.39, 0.29) is 5.91 Å². The highest BCUT2D eigenvalue weighted by Gasteiger charge is 2.21. The van der Waals surface area contributed by atoms with E-state index in [0.29, 0.717) is 0 Å². The lowest BCUT2D eigenvalue weighted by Gasteiger charge is -2.34. The van der Waals surface area contributed by atoms with Crippen molar-refractivity contribution in [2.75, 3.05) is 32.7 Å². The van der Waals surface area contributed by atoms with Crippen LogP contribution in [0.15, 0.2) is 24.3 Å².